The molecule has 1 aliphatic rings. The van der Waals surface area contributed by atoms with Crippen molar-refractivity contribution in [2.75, 3.05) is 13.2 Å². The van der Waals surface area contributed by atoms with Gasteiger partial charge in [0.2, 0.25) is 0 Å². The van der Waals surface area contributed by atoms with Gasteiger partial charge in [0.15, 0.2) is 0 Å². The lowest BCUT2D eigenvalue weighted by atomic mass is 10.1. The largest absolute Gasteiger partial charge is 0.381 e. The van der Waals surface area contributed by atoms with Crippen LogP contribution in [0.3, 0.4) is 0 Å². The van der Waals surface area contributed by atoms with Crippen LogP contribution in [0.15, 0.2) is 10.9 Å². The Balaban J connectivity index is 2.34. The summed E-state index contributed by atoms with van der Waals surface area (Å²) in [6.45, 7) is 5.51. The van der Waals surface area contributed by atoms with Crippen LogP contribution in [0.25, 0.3) is 0 Å². The summed E-state index contributed by atoms with van der Waals surface area (Å²) in [5.74, 6) is 1.33. The maximum atomic E-state index is 11.4. The average molecular weight is 208 g/mol. The highest BCUT2D eigenvalue weighted by Gasteiger charge is 2.20. The Hall–Kier alpha value is -1.16. The van der Waals surface area contributed by atoms with Crippen LogP contribution in [-0.2, 0) is 4.74 Å². The number of rotatable bonds is 2. The van der Waals surface area contributed by atoms with Crippen molar-refractivity contribution in [1.29, 1.82) is 0 Å². The molecule has 0 spiro atoms. The predicted molar refractivity (Wildman–Crippen MR) is 57.1 cm³/mol. The van der Waals surface area contributed by atoms with E-state index in [9.17, 15) is 4.79 Å². The molecule has 1 unspecified atom stereocenters. The molecule has 82 valence electrons. The van der Waals surface area contributed by atoms with Crippen molar-refractivity contribution in [3.63, 3.8) is 0 Å². The van der Waals surface area contributed by atoms with E-state index in [-0.39, 0.29) is 17.4 Å². The summed E-state index contributed by atoms with van der Waals surface area (Å²) in [4.78, 5) is 18.7. The van der Waals surface area contributed by atoms with Gasteiger partial charge in [-0.2, -0.15) is 0 Å². The van der Waals surface area contributed by atoms with Crippen molar-refractivity contribution in [3.8, 4) is 0 Å². The zero-order valence-corrected chi connectivity index (χ0v) is 9.12. The molecule has 2 heterocycles. The van der Waals surface area contributed by atoms with Gasteiger partial charge in [0.05, 0.1) is 12.3 Å². The van der Waals surface area contributed by atoms with E-state index in [1.54, 1.807) is 6.07 Å². The Morgan fingerprint density at radius 3 is 3.00 bits per heavy atom. The number of nitrogens with zero attached hydrogens (tertiary/aromatic N) is 1. The molecule has 2 rings (SSSR count). The average Bonchev–Trinajstić information content (AvgIpc) is 2.69. The third-order valence-corrected chi connectivity index (χ3v) is 2.69. The van der Waals surface area contributed by atoms with Crippen molar-refractivity contribution >= 4 is 0 Å². The maximum absolute atomic E-state index is 11.4. The van der Waals surface area contributed by atoms with Gasteiger partial charge >= 0.3 is 0 Å². The van der Waals surface area contributed by atoms with Gasteiger partial charge in [-0.3, -0.25) is 4.79 Å². The lowest BCUT2D eigenvalue weighted by molar-refractivity contribution is 0.193. The van der Waals surface area contributed by atoms with E-state index in [0.29, 0.717) is 6.61 Å². The fraction of sp³-hybridized carbons (Fsp3) is 0.636. The number of nitrogens with one attached hydrogen (secondary N) is 1. The minimum atomic E-state index is -0.0596. The second-order valence-electron chi connectivity index (χ2n) is 4.27. The first-order valence-corrected chi connectivity index (χ1v) is 5.35. The SMILES string of the molecule is CC(C)c1cc(=O)[nH]c(C2CCOC2)n1. The number of aromatic nitrogens is 2. The Labute approximate surface area is 88.7 Å². The first kappa shape index (κ1) is 10.4. The maximum Gasteiger partial charge on any atom is 0.251 e. The number of hydrogen-bond acceptors (Lipinski definition) is 3. The smallest absolute Gasteiger partial charge is 0.251 e. The molecule has 0 bridgehead atoms. The van der Waals surface area contributed by atoms with Crippen LogP contribution in [-0.4, -0.2) is 23.2 Å². The van der Waals surface area contributed by atoms with Crippen molar-refractivity contribution in [1.82, 2.24) is 9.97 Å². The Kier molecular flexibility index (Phi) is 2.86. The predicted octanol–water partition coefficient (Wildman–Crippen LogP) is 1.40. The van der Waals surface area contributed by atoms with Gasteiger partial charge in [-0.15, -0.1) is 0 Å². The third kappa shape index (κ3) is 2.26. The van der Waals surface area contributed by atoms with Gasteiger partial charge in [-0.25, -0.2) is 4.98 Å². The molecule has 1 aliphatic heterocycles. The normalized spacial score (nSPS) is 21.1. The molecule has 0 aromatic carbocycles. The van der Waals surface area contributed by atoms with Crippen LogP contribution in [0.4, 0.5) is 0 Å². The molecule has 1 fully saturated rings. The molecule has 0 aliphatic carbocycles. The molecule has 1 N–H and O–H groups in total. The van der Waals surface area contributed by atoms with Gasteiger partial charge in [-0.1, -0.05) is 13.8 Å². The Bertz CT molecular complexity index is 392. The Morgan fingerprint density at radius 2 is 2.40 bits per heavy atom. The Morgan fingerprint density at radius 1 is 1.60 bits per heavy atom. The fourth-order valence-corrected chi connectivity index (χ4v) is 1.74. The lowest BCUT2D eigenvalue weighted by Crippen LogP contribution is -2.16. The molecule has 1 aromatic heterocycles. The second kappa shape index (κ2) is 4.14. The van der Waals surface area contributed by atoms with Crippen LogP contribution in [0.5, 0.6) is 0 Å². The summed E-state index contributed by atoms with van der Waals surface area (Å²) in [5, 5.41) is 0. The summed E-state index contributed by atoms with van der Waals surface area (Å²) in [7, 11) is 0. The van der Waals surface area contributed by atoms with Gasteiger partial charge < -0.3 is 9.72 Å². The molecular weight excluding hydrogens is 192 g/mol. The first-order valence-electron chi connectivity index (χ1n) is 5.35. The molecule has 1 aromatic rings. The van der Waals surface area contributed by atoms with E-state index in [1.165, 1.54) is 0 Å². The molecule has 0 amide bonds. The summed E-state index contributed by atoms with van der Waals surface area (Å²) in [6, 6.07) is 1.57. The van der Waals surface area contributed by atoms with Crippen molar-refractivity contribution in [2.24, 2.45) is 0 Å². The highest BCUT2D eigenvalue weighted by molar-refractivity contribution is 5.10. The van der Waals surface area contributed by atoms with Crippen LogP contribution < -0.4 is 5.56 Å². The topological polar surface area (TPSA) is 55.0 Å². The number of hydrogen-bond donors (Lipinski definition) is 1. The number of H-pyrrole nitrogens is 1. The molecule has 4 heteroatoms. The quantitative estimate of drug-likeness (QED) is 0.799. The van der Waals surface area contributed by atoms with E-state index in [4.69, 9.17) is 4.74 Å². The van der Waals surface area contributed by atoms with Crippen LogP contribution >= 0.6 is 0 Å². The van der Waals surface area contributed by atoms with E-state index in [2.05, 4.69) is 9.97 Å². The minimum Gasteiger partial charge on any atom is -0.381 e. The molecular formula is C11H16N2O2. The van der Waals surface area contributed by atoms with E-state index in [1.807, 2.05) is 13.8 Å². The summed E-state index contributed by atoms with van der Waals surface area (Å²) >= 11 is 0. The summed E-state index contributed by atoms with van der Waals surface area (Å²) in [5.41, 5.74) is 0.802. The molecule has 4 nitrogen and oxygen atoms in total. The van der Waals surface area contributed by atoms with E-state index >= 15 is 0 Å². The molecule has 0 saturated carbocycles. The standard InChI is InChI=1S/C11H16N2O2/c1-7(2)9-5-10(14)13-11(12-9)8-3-4-15-6-8/h5,7-8H,3-4,6H2,1-2H3,(H,12,13,14). The first-order chi connectivity index (χ1) is 7.16. The number of aromatic amines is 1. The highest BCUT2D eigenvalue weighted by Crippen LogP contribution is 2.22. The molecule has 15 heavy (non-hydrogen) atoms. The number of ether oxygens (including phenoxy) is 1. The van der Waals surface area contributed by atoms with Crippen LogP contribution in [0.2, 0.25) is 0 Å². The molecule has 0 radical (unpaired) electrons. The van der Waals surface area contributed by atoms with Crippen molar-refractivity contribution in [2.45, 2.75) is 32.1 Å². The molecule has 1 atom stereocenters. The van der Waals surface area contributed by atoms with Gasteiger partial charge in [0, 0.05) is 18.6 Å². The highest BCUT2D eigenvalue weighted by atomic mass is 16.5. The summed E-state index contributed by atoms with van der Waals surface area (Å²) < 4.78 is 5.29. The third-order valence-electron chi connectivity index (χ3n) is 2.69. The van der Waals surface area contributed by atoms with Crippen molar-refractivity contribution < 1.29 is 4.74 Å². The minimum absolute atomic E-state index is 0.0596. The monoisotopic (exact) mass is 208 g/mol. The van der Waals surface area contributed by atoms with E-state index in [0.717, 1.165) is 24.5 Å². The zero-order chi connectivity index (χ0) is 10.8. The van der Waals surface area contributed by atoms with E-state index < -0.39 is 0 Å². The summed E-state index contributed by atoms with van der Waals surface area (Å²) in [6.07, 6.45) is 0.949. The van der Waals surface area contributed by atoms with Crippen LogP contribution in [0, 0.1) is 0 Å². The zero-order valence-electron chi connectivity index (χ0n) is 9.12. The van der Waals surface area contributed by atoms with Gasteiger partial charge in [0.1, 0.15) is 5.82 Å². The van der Waals surface area contributed by atoms with Gasteiger partial charge in [0.25, 0.3) is 5.56 Å². The van der Waals surface area contributed by atoms with Crippen molar-refractivity contribution in [3.05, 3.63) is 27.9 Å². The lowest BCUT2D eigenvalue weighted by Gasteiger charge is -2.10. The van der Waals surface area contributed by atoms with Crippen LogP contribution in [0.1, 0.15) is 43.6 Å². The second-order valence-corrected chi connectivity index (χ2v) is 4.27. The fourth-order valence-electron chi connectivity index (χ4n) is 1.74. The van der Waals surface area contributed by atoms with Gasteiger partial charge in [-0.05, 0) is 12.3 Å². The molecule has 1 saturated heterocycles.